The van der Waals surface area contributed by atoms with Crippen molar-refractivity contribution in [2.45, 2.75) is 57.6 Å². The van der Waals surface area contributed by atoms with Crippen molar-refractivity contribution in [2.24, 2.45) is 17.3 Å². The van der Waals surface area contributed by atoms with Crippen LogP contribution in [0.5, 0.6) is 0 Å². The van der Waals surface area contributed by atoms with Gasteiger partial charge in [0, 0.05) is 32.3 Å². The number of hydrogen-bond donors (Lipinski definition) is 0. The first-order valence-electron chi connectivity index (χ1n) is 9.21. The zero-order valence-corrected chi connectivity index (χ0v) is 16.6. The van der Waals surface area contributed by atoms with E-state index in [-0.39, 0.29) is 30.3 Å². The summed E-state index contributed by atoms with van der Waals surface area (Å²) in [6.45, 7) is 6.89. The van der Waals surface area contributed by atoms with Crippen LogP contribution in [0.3, 0.4) is 0 Å². The largest absolute Gasteiger partial charge is 0.326 e. The van der Waals surface area contributed by atoms with Crippen molar-refractivity contribution in [3.63, 3.8) is 0 Å². The minimum Gasteiger partial charge on any atom is -0.323 e. The van der Waals surface area contributed by atoms with Crippen molar-refractivity contribution in [3.05, 3.63) is 0 Å². The molecule has 0 bridgehead atoms. The molecule has 6 nitrogen and oxygen atoms in total. The molecule has 2 atom stereocenters. The van der Waals surface area contributed by atoms with E-state index in [1.54, 1.807) is 18.7 Å². The summed E-state index contributed by atoms with van der Waals surface area (Å²) < 4.78 is 22.8. The first kappa shape index (κ1) is 18.7. The van der Waals surface area contributed by atoms with E-state index in [1.165, 1.54) is 30.4 Å². The van der Waals surface area contributed by atoms with E-state index in [1.807, 2.05) is 0 Å². The van der Waals surface area contributed by atoms with Crippen molar-refractivity contribution in [1.29, 1.82) is 0 Å². The first-order valence-corrected chi connectivity index (χ1v) is 11.1. The number of imide groups is 1. The number of sulfone groups is 1. The first-order chi connectivity index (χ1) is 11.4. The molecule has 1 heterocycles. The molecule has 142 valence electrons. The van der Waals surface area contributed by atoms with Crippen LogP contribution in [0.2, 0.25) is 0 Å². The summed E-state index contributed by atoms with van der Waals surface area (Å²) in [7, 11) is -3.24. The molecule has 2 aliphatic carbocycles. The van der Waals surface area contributed by atoms with E-state index in [0.29, 0.717) is 19.5 Å². The van der Waals surface area contributed by atoms with Gasteiger partial charge in [0.25, 0.3) is 0 Å². The van der Waals surface area contributed by atoms with Gasteiger partial charge in [0.1, 0.15) is 0 Å². The van der Waals surface area contributed by atoms with Gasteiger partial charge in [-0.3, -0.25) is 9.69 Å². The predicted octanol–water partition coefficient (Wildman–Crippen LogP) is 2.29. The molecule has 0 N–H and O–H groups in total. The number of fused-ring (bicyclic) bond motifs is 1. The van der Waals surface area contributed by atoms with Crippen LogP contribution in [0.1, 0.15) is 52.9 Å². The molecule has 7 heteroatoms. The average Bonchev–Trinajstić information content (AvgIpc) is 3.09. The fourth-order valence-electron chi connectivity index (χ4n) is 4.42. The van der Waals surface area contributed by atoms with E-state index in [4.69, 9.17) is 0 Å². The van der Waals surface area contributed by atoms with Crippen molar-refractivity contribution < 1.29 is 18.0 Å². The van der Waals surface area contributed by atoms with Gasteiger partial charge in [-0.05, 0) is 56.8 Å². The third-order valence-electron chi connectivity index (χ3n) is 6.49. The molecule has 0 aromatic rings. The second-order valence-electron chi connectivity index (χ2n) is 9.26. The number of urea groups is 1. The van der Waals surface area contributed by atoms with Crippen LogP contribution in [-0.2, 0) is 14.6 Å². The third kappa shape index (κ3) is 3.71. The fourth-order valence-corrected chi connectivity index (χ4v) is 4.88. The van der Waals surface area contributed by atoms with Gasteiger partial charge >= 0.3 is 6.03 Å². The van der Waals surface area contributed by atoms with Crippen molar-refractivity contribution >= 4 is 21.8 Å². The van der Waals surface area contributed by atoms with E-state index >= 15 is 0 Å². The monoisotopic (exact) mass is 370 g/mol. The third-order valence-corrected chi connectivity index (χ3v) is 8.70. The maximum Gasteiger partial charge on any atom is 0.326 e. The molecule has 1 aliphatic heterocycles. The summed E-state index contributed by atoms with van der Waals surface area (Å²) in [4.78, 5) is 28.1. The normalized spacial score (nSPS) is 33.0. The van der Waals surface area contributed by atoms with Crippen LogP contribution in [-0.4, -0.2) is 60.8 Å². The summed E-state index contributed by atoms with van der Waals surface area (Å²) in [6, 6.07) is -0.248. The van der Waals surface area contributed by atoms with Gasteiger partial charge in [0.15, 0.2) is 9.84 Å². The van der Waals surface area contributed by atoms with Crippen LogP contribution in [0, 0.1) is 17.3 Å². The minimum absolute atomic E-state index is 0.163. The quantitative estimate of drug-likeness (QED) is 0.719. The Morgan fingerprint density at radius 2 is 1.80 bits per heavy atom. The molecular formula is C18H30N2O4S. The Hall–Kier alpha value is -1.11. The maximum absolute atomic E-state index is 12.8. The van der Waals surface area contributed by atoms with Gasteiger partial charge in [-0.1, -0.05) is 6.92 Å². The van der Waals surface area contributed by atoms with Crippen molar-refractivity contribution in [3.8, 4) is 0 Å². The van der Waals surface area contributed by atoms with Gasteiger partial charge in [-0.2, -0.15) is 0 Å². The van der Waals surface area contributed by atoms with Crippen LogP contribution < -0.4 is 0 Å². The lowest BCUT2D eigenvalue weighted by atomic mass is 9.84. The highest BCUT2D eigenvalue weighted by Crippen LogP contribution is 2.59. The van der Waals surface area contributed by atoms with E-state index in [2.05, 4.69) is 6.92 Å². The topological polar surface area (TPSA) is 74.8 Å². The molecule has 0 aromatic heterocycles. The highest BCUT2D eigenvalue weighted by atomic mass is 32.2. The predicted molar refractivity (Wildman–Crippen MR) is 95.8 cm³/mol. The van der Waals surface area contributed by atoms with Crippen LogP contribution in [0.15, 0.2) is 0 Å². The smallest absolute Gasteiger partial charge is 0.323 e. The van der Waals surface area contributed by atoms with E-state index < -0.39 is 14.6 Å². The second-order valence-corrected chi connectivity index (χ2v) is 11.9. The van der Waals surface area contributed by atoms with Crippen LogP contribution in [0.25, 0.3) is 0 Å². The Morgan fingerprint density at radius 1 is 1.20 bits per heavy atom. The van der Waals surface area contributed by atoms with Gasteiger partial charge in [0.05, 0.1) is 4.75 Å². The molecule has 0 aromatic carbocycles. The summed E-state index contributed by atoms with van der Waals surface area (Å²) in [6.07, 6.45) is 5.49. The highest BCUT2D eigenvalue weighted by molar-refractivity contribution is 7.92. The molecule has 3 aliphatic rings. The summed E-state index contributed by atoms with van der Waals surface area (Å²) in [5.41, 5.74) is 0.168. The Labute approximate surface area is 150 Å². The molecule has 1 saturated heterocycles. The zero-order valence-electron chi connectivity index (χ0n) is 15.7. The number of carbonyl (C=O) groups is 2. The Morgan fingerprint density at radius 3 is 2.36 bits per heavy atom. The number of amides is 3. The number of rotatable bonds is 6. The van der Waals surface area contributed by atoms with E-state index in [0.717, 1.165) is 11.8 Å². The lowest BCUT2D eigenvalue weighted by Crippen LogP contribution is -2.55. The molecule has 3 rings (SSSR count). The number of hydrogen-bond acceptors (Lipinski definition) is 4. The van der Waals surface area contributed by atoms with Crippen LogP contribution in [0.4, 0.5) is 4.79 Å². The summed E-state index contributed by atoms with van der Waals surface area (Å²) >= 11 is 0. The van der Waals surface area contributed by atoms with Crippen LogP contribution >= 0.6 is 0 Å². The lowest BCUT2D eigenvalue weighted by Gasteiger charge is -2.40. The summed E-state index contributed by atoms with van der Waals surface area (Å²) in [5.74, 6) is 1.50. The summed E-state index contributed by atoms with van der Waals surface area (Å²) in [5, 5.41) is 0. The Balaban J connectivity index is 1.63. The second kappa shape index (κ2) is 5.96. The average molecular weight is 371 g/mol. The molecular weight excluding hydrogens is 340 g/mol. The lowest BCUT2D eigenvalue weighted by molar-refractivity contribution is -0.131. The fraction of sp³-hybridized carbons (Fsp3) is 0.889. The molecule has 0 radical (unpaired) electrons. The molecule has 25 heavy (non-hydrogen) atoms. The maximum atomic E-state index is 12.8. The standard InChI is InChI=1S/C18H30N2O4S/c1-17(2,25(4,23)24)6-8-20-15(21)5-7-19(16(20)22)12-18(3)10-13-9-14(13)11-18/h13-14H,5-12H2,1-4H3. The molecule has 3 amide bonds. The highest BCUT2D eigenvalue weighted by Gasteiger charge is 2.52. The molecule has 2 unspecified atom stereocenters. The van der Waals surface area contributed by atoms with Gasteiger partial charge in [0.2, 0.25) is 5.91 Å². The SMILES string of the molecule is CC1(CN2CCC(=O)N(CCC(C)(C)S(C)(=O)=O)C2=O)CC2CC2C1. The van der Waals surface area contributed by atoms with Crippen molar-refractivity contribution in [2.75, 3.05) is 25.9 Å². The van der Waals surface area contributed by atoms with Gasteiger partial charge < -0.3 is 4.90 Å². The van der Waals surface area contributed by atoms with E-state index in [9.17, 15) is 18.0 Å². The molecule has 0 spiro atoms. The van der Waals surface area contributed by atoms with Gasteiger partial charge in [-0.15, -0.1) is 0 Å². The number of nitrogens with zero attached hydrogens (tertiary/aromatic N) is 2. The molecule has 3 fully saturated rings. The van der Waals surface area contributed by atoms with Crippen molar-refractivity contribution in [1.82, 2.24) is 9.80 Å². The van der Waals surface area contributed by atoms with Gasteiger partial charge in [-0.25, -0.2) is 13.2 Å². The molecule has 2 saturated carbocycles. The Bertz CT molecular complexity index is 675. The minimum atomic E-state index is -3.24. The number of carbonyl (C=O) groups excluding carboxylic acids is 2. The zero-order chi connectivity index (χ0) is 18.6. The Kier molecular flexibility index (Phi) is 4.45.